The predicted octanol–water partition coefficient (Wildman–Crippen LogP) is 4.56. The van der Waals surface area contributed by atoms with Crippen molar-refractivity contribution in [3.8, 4) is 0 Å². The lowest BCUT2D eigenvalue weighted by Gasteiger charge is -2.19. The van der Waals surface area contributed by atoms with E-state index in [1.165, 1.54) is 4.88 Å². The number of halogens is 1. The second kappa shape index (κ2) is 8.23. The Balaban J connectivity index is 1.83. The Kier molecular flexibility index (Phi) is 5.69. The first-order chi connectivity index (χ1) is 14.0. The molecule has 0 bridgehead atoms. The topological polar surface area (TPSA) is 47.5 Å². The molecule has 9 heteroatoms. The lowest BCUT2D eigenvalue weighted by molar-refractivity contribution is 0.209. The van der Waals surface area contributed by atoms with Crippen molar-refractivity contribution in [1.29, 1.82) is 0 Å². The van der Waals surface area contributed by atoms with Crippen molar-refractivity contribution in [2.24, 2.45) is 0 Å². The van der Waals surface area contributed by atoms with Gasteiger partial charge in [0.05, 0.1) is 21.9 Å². The molecular formula is C20H20ClN5OS2. The number of hydrogen-bond acceptors (Lipinski definition) is 5. The van der Waals surface area contributed by atoms with E-state index in [4.69, 9.17) is 28.9 Å². The summed E-state index contributed by atoms with van der Waals surface area (Å²) < 4.78 is 6.58. The number of para-hydroxylation sites is 1. The third-order valence-electron chi connectivity index (χ3n) is 4.79. The average molecular weight is 446 g/mol. The first-order valence-corrected chi connectivity index (χ1v) is 10.8. The van der Waals surface area contributed by atoms with Crippen LogP contribution in [0.25, 0.3) is 16.7 Å². The predicted molar refractivity (Wildman–Crippen MR) is 121 cm³/mol. The first-order valence-electron chi connectivity index (χ1n) is 9.22. The summed E-state index contributed by atoms with van der Waals surface area (Å²) in [6, 6.07) is 11.4. The summed E-state index contributed by atoms with van der Waals surface area (Å²) in [5.74, 6) is 0.522. The molecule has 3 aromatic heterocycles. The Morgan fingerprint density at radius 1 is 1.31 bits per heavy atom. The highest BCUT2D eigenvalue weighted by Gasteiger charge is 2.16. The van der Waals surface area contributed by atoms with Gasteiger partial charge < -0.3 is 0 Å². The average Bonchev–Trinajstić information content (AvgIpc) is 3.27. The molecule has 0 saturated heterocycles. The Morgan fingerprint density at radius 3 is 2.79 bits per heavy atom. The summed E-state index contributed by atoms with van der Waals surface area (Å²) in [5, 5.41) is 5.31. The van der Waals surface area contributed by atoms with Crippen molar-refractivity contribution in [2.75, 3.05) is 6.54 Å². The van der Waals surface area contributed by atoms with Crippen molar-refractivity contribution in [3.63, 3.8) is 0 Å². The van der Waals surface area contributed by atoms with Crippen molar-refractivity contribution in [2.45, 2.75) is 26.7 Å². The SMILES string of the molecule is C=CCn1c(=O)c2ccccc2n2c(=S)n(CN(CC)Cc3ccc(Cl)s3)nc12. The quantitative estimate of drug-likeness (QED) is 0.309. The van der Waals surface area contributed by atoms with Crippen LogP contribution in [0.1, 0.15) is 11.8 Å². The normalized spacial score (nSPS) is 11.7. The molecule has 0 saturated carbocycles. The van der Waals surface area contributed by atoms with E-state index in [0.29, 0.717) is 29.1 Å². The third kappa shape index (κ3) is 3.69. The Labute approximate surface area is 181 Å². The molecule has 0 N–H and O–H groups in total. The Hall–Kier alpha value is -2.26. The number of aromatic nitrogens is 4. The van der Waals surface area contributed by atoms with E-state index in [9.17, 15) is 4.79 Å². The molecule has 4 aromatic rings. The maximum atomic E-state index is 13.0. The zero-order chi connectivity index (χ0) is 20.5. The second-order valence-corrected chi connectivity index (χ2v) is 8.80. The van der Waals surface area contributed by atoms with Gasteiger partial charge in [-0.05, 0) is 43.0 Å². The van der Waals surface area contributed by atoms with Crippen LogP contribution in [-0.4, -0.2) is 30.2 Å². The Morgan fingerprint density at radius 2 is 2.10 bits per heavy atom. The number of hydrogen-bond donors (Lipinski definition) is 0. The monoisotopic (exact) mass is 445 g/mol. The van der Waals surface area contributed by atoms with Gasteiger partial charge in [-0.1, -0.05) is 36.7 Å². The van der Waals surface area contributed by atoms with Gasteiger partial charge in [-0.2, -0.15) is 0 Å². The summed E-state index contributed by atoms with van der Waals surface area (Å²) in [6.07, 6.45) is 1.69. The first kappa shape index (κ1) is 20.0. The molecule has 0 atom stereocenters. The van der Waals surface area contributed by atoms with Crippen LogP contribution < -0.4 is 5.56 Å². The molecular weight excluding hydrogens is 426 g/mol. The lowest BCUT2D eigenvalue weighted by Crippen LogP contribution is -2.26. The maximum absolute atomic E-state index is 13.0. The fraction of sp³-hybridized carbons (Fsp3) is 0.250. The molecule has 29 heavy (non-hydrogen) atoms. The number of nitrogens with zero attached hydrogens (tertiary/aromatic N) is 5. The van der Waals surface area contributed by atoms with E-state index in [0.717, 1.165) is 22.9 Å². The molecule has 0 fully saturated rings. The van der Waals surface area contributed by atoms with E-state index in [1.807, 2.05) is 40.8 Å². The number of fused-ring (bicyclic) bond motifs is 3. The van der Waals surface area contributed by atoms with Crippen LogP contribution in [0.2, 0.25) is 4.34 Å². The zero-order valence-electron chi connectivity index (χ0n) is 15.9. The molecule has 0 spiro atoms. The summed E-state index contributed by atoms with van der Waals surface area (Å²) in [4.78, 5) is 16.4. The van der Waals surface area contributed by atoms with Gasteiger partial charge in [-0.3, -0.25) is 18.7 Å². The summed E-state index contributed by atoms with van der Waals surface area (Å²) in [6.45, 7) is 8.33. The van der Waals surface area contributed by atoms with Gasteiger partial charge in [0.25, 0.3) is 5.56 Å². The van der Waals surface area contributed by atoms with Crippen LogP contribution in [0.5, 0.6) is 0 Å². The molecule has 6 nitrogen and oxygen atoms in total. The molecule has 0 aliphatic carbocycles. The van der Waals surface area contributed by atoms with Crippen LogP contribution >= 0.6 is 35.2 Å². The molecule has 4 rings (SSSR count). The molecule has 0 radical (unpaired) electrons. The van der Waals surface area contributed by atoms with Crippen LogP contribution in [0, 0.1) is 4.77 Å². The van der Waals surface area contributed by atoms with E-state index in [1.54, 1.807) is 26.7 Å². The van der Waals surface area contributed by atoms with Gasteiger partial charge in [0, 0.05) is 18.0 Å². The molecule has 1 aromatic carbocycles. The lowest BCUT2D eigenvalue weighted by atomic mass is 10.2. The highest BCUT2D eigenvalue weighted by Crippen LogP contribution is 2.23. The fourth-order valence-electron chi connectivity index (χ4n) is 3.36. The molecule has 150 valence electrons. The van der Waals surface area contributed by atoms with Gasteiger partial charge >= 0.3 is 0 Å². The smallest absolute Gasteiger partial charge is 0.263 e. The maximum Gasteiger partial charge on any atom is 0.263 e. The summed E-state index contributed by atoms with van der Waals surface area (Å²) in [7, 11) is 0. The minimum absolute atomic E-state index is 0.0966. The van der Waals surface area contributed by atoms with Crippen molar-refractivity contribution >= 4 is 51.8 Å². The van der Waals surface area contributed by atoms with Gasteiger partial charge in [0.1, 0.15) is 0 Å². The van der Waals surface area contributed by atoms with Gasteiger partial charge in [0.15, 0.2) is 0 Å². The number of thiophene rings is 1. The highest BCUT2D eigenvalue weighted by molar-refractivity contribution is 7.71. The summed E-state index contributed by atoms with van der Waals surface area (Å²) >= 11 is 13.4. The fourth-order valence-corrected chi connectivity index (χ4v) is 4.77. The van der Waals surface area contributed by atoms with Crippen molar-refractivity contribution in [3.05, 3.63) is 73.4 Å². The molecule has 0 aliphatic rings. The third-order valence-corrected chi connectivity index (χ3v) is 6.39. The number of benzene rings is 1. The van der Waals surface area contributed by atoms with E-state index in [-0.39, 0.29) is 5.56 Å². The summed E-state index contributed by atoms with van der Waals surface area (Å²) in [5.41, 5.74) is 0.665. The van der Waals surface area contributed by atoms with Gasteiger partial charge in [-0.25, -0.2) is 4.68 Å². The van der Waals surface area contributed by atoms with Crippen molar-refractivity contribution in [1.82, 2.24) is 23.6 Å². The van der Waals surface area contributed by atoms with Gasteiger partial charge in [0.2, 0.25) is 10.5 Å². The Bertz CT molecular complexity index is 1320. The van der Waals surface area contributed by atoms with Gasteiger partial charge in [-0.15, -0.1) is 23.0 Å². The second-order valence-electron chi connectivity index (χ2n) is 6.63. The highest BCUT2D eigenvalue weighted by atomic mass is 35.5. The molecule has 3 heterocycles. The largest absolute Gasteiger partial charge is 0.279 e. The van der Waals surface area contributed by atoms with Crippen molar-refractivity contribution < 1.29 is 0 Å². The minimum atomic E-state index is -0.0966. The van der Waals surface area contributed by atoms with Crippen LogP contribution in [0.4, 0.5) is 0 Å². The minimum Gasteiger partial charge on any atom is -0.279 e. The van der Waals surface area contributed by atoms with Crippen LogP contribution in [0.3, 0.4) is 0 Å². The van der Waals surface area contributed by atoms with Crippen LogP contribution in [0.15, 0.2) is 53.8 Å². The number of rotatable bonds is 7. The van der Waals surface area contributed by atoms with Crippen LogP contribution in [-0.2, 0) is 19.8 Å². The van der Waals surface area contributed by atoms with E-state index >= 15 is 0 Å². The molecule has 0 amide bonds. The van der Waals surface area contributed by atoms with E-state index < -0.39 is 0 Å². The molecule has 0 aliphatic heterocycles. The molecule has 0 unspecified atom stereocenters. The van der Waals surface area contributed by atoms with E-state index in [2.05, 4.69) is 18.4 Å². The number of allylic oxidation sites excluding steroid dienone is 1. The zero-order valence-corrected chi connectivity index (χ0v) is 18.3. The standard InChI is InChI=1S/C20H20ClN5OS2/c1-3-11-24-18(27)15-7-5-6-8-16(15)26-19(24)22-25(20(26)28)13-23(4-2)12-14-9-10-17(21)29-14/h3,5-10H,1,4,11-13H2,2H3.